The van der Waals surface area contributed by atoms with Crippen molar-refractivity contribution < 1.29 is 23.8 Å². The summed E-state index contributed by atoms with van der Waals surface area (Å²) in [6.07, 6.45) is 1.69. The van der Waals surface area contributed by atoms with Crippen LogP contribution in [0.2, 0.25) is 0 Å². The Kier molecular flexibility index (Phi) is 5.75. The van der Waals surface area contributed by atoms with E-state index in [4.69, 9.17) is 14.2 Å². The number of benzene rings is 1. The smallest absolute Gasteiger partial charge is 0.251 e. The maximum absolute atomic E-state index is 12.1. The number of carbonyl (C=O) groups excluding carboxylic acids is 2. The summed E-state index contributed by atoms with van der Waals surface area (Å²) in [7, 11) is 0. The van der Waals surface area contributed by atoms with E-state index in [-0.39, 0.29) is 31.3 Å². The molecule has 0 bridgehead atoms. The zero-order valence-corrected chi connectivity index (χ0v) is 15.2. The highest BCUT2D eigenvalue weighted by Gasteiger charge is 2.16. The van der Waals surface area contributed by atoms with Crippen LogP contribution in [0, 0.1) is 0 Å². The van der Waals surface area contributed by atoms with Crippen molar-refractivity contribution in [2.45, 2.75) is 26.5 Å². The van der Waals surface area contributed by atoms with Gasteiger partial charge >= 0.3 is 0 Å². The van der Waals surface area contributed by atoms with E-state index >= 15 is 0 Å². The summed E-state index contributed by atoms with van der Waals surface area (Å²) in [5.74, 6) is 0.996. The molecule has 0 spiro atoms. The van der Waals surface area contributed by atoms with Gasteiger partial charge in [0.15, 0.2) is 11.5 Å². The van der Waals surface area contributed by atoms with Crippen molar-refractivity contribution in [3.63, 3.8) is 0 Å². The summed E-state index contributed by atoms with van der Waals surface area (Å²) >= 11 is 0. The Morgan fingerprint density at radius 1 is 1.15 bits per heavy atom. The maximum atomic E-state index is 12.1. The van der Waals surface area contributed by atoms with Crippen LogP contribution in [0.15, 0.2) is 36.5 Å². The number of pyridine rings is 1. The summed E-state index contributed by atoms with van der Waals surface area (Å²) in [5, 5.41) is 5.30. The maximum Gasteiger partial charge on any atom is 0.251 e. The monoisotopic (exact) mass is 371 g/mol. The first kappa shape index (κ1) is 18.5. The van der Waals surface area contributed by atoms with E-state index in [9.17, 15) is 9.59 Å². The van der Waals surface area contributed by atoms with E-state index in [1.165, 1.54) is 0 Å². The average Bonchev–Trinajstić information content (AvgIpc) is 3.13. The lowest BCUT2D eigenvalue weighted by Crippen LogP contribution is -2.36. The van der Waals surface area contributed by atoms with Crippen molar-refractivity contribution in [3.8, 4) is 17.4 Å². The van der Waals surface area contributed by atoms with Gasteiger partial charge in [0.1, 0.15) is 0 Å². The topological polar surface area (TPSA) is 98.8 Å². The van der Waals surface area contributed by atoms with E-state index in [2.05, 4.69) is 15.6 Å². The lowest BCUT2D eigenvalue weighted by molar-refractivity contribution is -0.120. The largest absolute Gasteiger partial charge is 0.475 e. The van der Waals surface area contributed by atoms with Crippen LogP contribution in [0.3, 0.4) is 0 Å². The number of amides is 2. The van der Waals surface area contributed by atoms with Crippen LogP contribution in [0.5, 0.6) is 17.4 Å². The number of hydrogen-bond acceptors (Lipinski definition) is 6. The molecular weight excluding hydrogens is 350 g/mol. The van der Waals surface area contributed by atoms with Gasteiger partial charge in [0.2, 0.25) is 18.6 Å². The van der Waals surface area contributed by atoms with Crippen molar-refractivity contribution in [1.29, 1.82) is 0 Å². The minimum absolute atomic E-state index is 0.0522. The minimum atomic E-state index is -0.361. The molecule has 0 aliphatic carbocycles. The Labute approximate surface area is 156 Å². The molecule has 3 rings (SSSR count). The first-order valence-electron chi connectivity index (χ1n) is 8.57. The predicted octanol–water partition coefficient (Wildman–Crippen LogP) is 1.64. The van der Waals surface area contributed by atoms with Crippen molar-refractivity contribution in [1.82, 2.24) is 15.6 Å². The van der Waals surface area contributed by atoms with E-state index < -0.39 is 0 Å². The van der Waals surface area contributed by atoms with E-state index in [1.54, 1.807) is 30.5 Å². The molecule has 0 saturated carbocycles. The van der Waals surface area contributed by atoms with Crippen LogP contribution in [0.1, 0.15) is 29.8 Å². The number of fused-ring (bicyclic) bond motifs is 1. The zero-order valence-electron chi connectivity index (χ0n) is 15.2. The number of carbonyl (C=O) groups is 2. The van der Waals surface area contributed by atoms with Gasteiger partial charge in [0, 0.05) is 24.4 Å². The third kappa shape index (κ3) is 5.10. The Balaban J connectivity index is 1.43. The first-order valence-corrected chi connectivity index (χ1v) is 8.57. The Hall–Kier alpha value is -3.29. The lowest BCUT2D eigenvalue weighted by atomic mass is 10.2. The third-order valence-electron chi connectivity index (χ3n) is 3.69. The summed E-state index contributed by atoms with van der Waals surface area (Å²) in [4.78, 5) is 28.2. The van der Waals surface area contributed by atoms with Gasteiger partial charge in [0.25, 0.3) is 5.91 Å². The zero-order chi connectivity index (χ0) is 19.2. The molecule has 2 heterocycles. The van der Waals surface area contributed by atoms with Crippen molar-refractivity contribution in [2.24, 2.45) is 0 Å². The van der Waals surface area contributed by atoms with E-state index in [0.29, 0.717) is 29.5 Å². The molecule has 0 saturated heterocycles. The number of aromatic nitrogens is 1. The molecule has 1 aliphatic rings. The SMILES string of the molecule is CC(C)Oc1ccc(CNC(=O)CNC(=O)c2ccc3c(c2)OCO3)cn1. The van der Waals surface area contributed by atoms with Gasteiger partial charge in [0.05, 0.1) is 12.6 Å². The molecule has 8 heteroatoms. The highest BCUT2D eigenvalue weighted by molar-refractivity contribution is 5.97. The van der Waals surface area contributed by atoms with Gasteiger partial charge in [-0.05, 0) is 37.6 Å². The molecule has 0 fully saturated rings. The molecule has 1 aromatic carbocycles. The molecule has 1 aliphatic heterocycles. The van der Waals surface area contributed by atoms with Gasteiger partial charge in [-0.2, -0.15) is 0 Å². The molecular formula is C19H21N3O5. The summed E-state index contributed by atoms with van der Waals surface area (Å²) in [6.45, 7) is 4.17. The Morgan fingerprint density at radius 3 is 2.70 bits per heavy atom. The number of nitrogens with one attached hydrogen (secondary N) is 2. The first-order chi connectivity index (χ1) is 13.0. The fourth-order valence-electron chi connectivity index (χ4n) is 2.39. The van der Waals surface area contributed by atoms with Gasteiger partial charge in [-0.15, -0.1) is 0 Å². The fraction of sp³-hybridized carbons (Fsp3) is 0.316. The molecule has 0 unspecified atom stereocenters. The molecule has 2 N–H and O–H groups in total. The molecule has 142 valence electrons. The molecule has 2 amide bonds. The summed E-state index contributed by atoms with van der Waals surface area (Å²) in [6, 6.07) is 8.45. The normalized spacial score (nSPS) is 12.0. The van der Waals surface area contributed by atoms with Gasteiger partial charge < -0.3 is 24.8 Å². The van der Waals surface area contributed by atoms with Gasteiger partial charge in [-0.1, -0.05) is 6.07 Å². The quantitative estimate of drug-likeness (QED) is 0.768. The van der Waals surface area contributed by atoms with Crippen LogP contribution in [-0.2, 0) is 11.3 Å². The molecule has 0 radical (unpaired) electrons. The van der Waals surface area contributed by atoms with Crippen molar-refractivity contribution >= 4 is 11.8 Å². The number of rotatable bonds is 7. The van der Waals surface area contributed by atoms with Gasteiger partial charge in [-0.3, -0.25) is 9.59 Å². The van der Waals surface area contributed by atoms with Crippen LogP contribution < -0.4 is 24.8 Å². The van der Waals surface area contributed by atoms with Gasteiger partial charge in [-0.25, -0.2) is 4.98 Å². The summed E-state index contributed by atoms with van der Waals surface area (Å²) < 4.78 is 15.9. The van der Waals surface area contributed by atoms with Crippen LogP contribution >= 0.6 is 0 Å². The summed E-state index contributed by atoms with van der Waals surface area (Å²) in [5.41, 5.74) is 1.23. The fourth-order valence-corrected chi connectivity index (χ4v) is 2.39. The number of nitrogens with zero attached hydrogens (tertiary/aromatic N) is 1. The third-order valence-corrected chi connectivity index (χ3v) is 3.69. The Morgan fingerprint density at radius 2 is 1.96 bits per heavy atom. The molecule has 2 aromatic rings. The highest BCUT2D eigenvalue weighted by Crippen LogP contribution is 2.32. The van der Waals surface area contributed by atoms with E-state index in [1.807, 2.05) is 19.9 Å². The van der Waals surface area contributed by atoms with Crippen LogP contribution in [0.4, 0.5) is 0 Å². The molecule has 1 aromatic heterocycles. The Bertz CT molecular complexity index is 821. The highest BCUT2D eigenvalue weighted by atomic mass is 16.7. The molecule has 8 nitrogen and oxygen atoms in total. The minimum Gasteiger partial charge on any atom is -0.475 e. The average molecular weight is 371 g/mol. The predicted molar refractivity (Wildman–Crippen MR) is 96.7 cm³/mol. The molecule has 0 atom stereocenters. The second-order valence-electron chi connectivity index (χ2n) is 6.20. The van der Waals surface area contributed by atoms with Crippen molar-refractivity contribution in [3.05, 3.63) is 47.7 Å². The van der Waals surface area contributed by atoms with E-state index in [0.717, 1.165) is 5.56 Å². The standard InChI is InChI=1S/C19H21N3O5/c1-12(2)27-18-6-3-13(9-21-18)8-20-17(23)10-22-19(24)14-4-5-15-16(7-14)26-11-25-15/h3-7,9,12H,8,10-11H2,1-2H3,(H,20,23)(H,22,24). The lowest BCUT2D eigenvalue weighted by Gasteiger charge is -2.10. The van der Waals surface area contributed by atoms with Crippen molar-refractivity contribution in [2.75, 3.05) is 13.3 Å². The second kappa shape index (κ2) is 8.39. The van der Waals surface area contributed by atoms with Crippen LogP contribution in [-0.4, -0.2) is 36.2 Å². The second-order valence-corrected chi connectivity index (χ2v) is 6.20. The number of hydrogen-bond donors (Lipinski definition) is 2. The van der Waals surface area contributed by atoms with Crippen LogP contribution in [0.25, 0.3) is 0 Å². The number of ether oxygens (including phenoxy) is 3. The molecule has 27 heavy (non-hydrogen) atoms.